The lowest BCUT2D eigenvalue weighted by atomic mass is 10.3. The van der Waals surface area contributed by atoms with Crippen LogP contribution in [0.25, 0.3) is 21.9 Å². The van der Waals surface area contributed by atoms with Crippen molar-refractivity contribution in [3.05, 3.63) is 29.1 Å². The Morgan fingerprint density at radius 1 is 1.39 bits per heavy atom. The summed E-state index contributed by atoms with van der Waals surface area (Å²) in [4.78, 5) is 5.33. The Hall–Kier alpha value is -2.01. The molecule has 0 saturated heterocycles. The predicted molar refractivity (Wildman–Crippen MR) is 73.0 cm³/mol. The van der Waals surface area contributed by atoms with Crippen molar-refractivity contribution >= 4 is 28.1 Å². The molecule has 0 saturated carbocycles. The highest BCUT2D eigenvalue weighted by Gasteiger charge is 2.14. The van der Waals surface area contributed by atoms with E-state index in [2.05, 4.69) is 4.98 Å². The number of anilines is 1. The summed E-state index contributed by atoms with van der Waals surface area (Å²) in [6.45, 7) is 1.97. The molecule has 2 aromatic heterocycles. The second-order valence-electron chi connectivity index (χ2n) is 4.01. The number of nitrogen functional groups attached to an aromatic ring is 1. The molecule has 0 aliphatic heterocycles. The largest absolute Gasteiger partial charge is 0.497 e. The van der Waals surface area contributed by atoms with E-state index in [0.717, 1.165) is 33.0 Å². The summed E-state index contributed by atoms with van der Waals surface area (Å²) in [5.74, 6) is 1.33. The Morgan fingerprint density at radius 2 is 2.22 bits per heavy atom. The Labute approximate surface area is 108 Å². The second-order valence-corrected chi connectivity index (χ2v) is 4.89. The molecule has 3 rings (SSSR count). The molecule has 0 amide bonds. The van der Waals surface area contributed by atoms with Crippen LogP contribution in [0.4, 0.5) is 5.69 Å². The number of thiophene rings is 1. The third-order valence-corrected chi connectivity index (χ3v) is 3.91. The van der Waals surface area contributed by atoms with E-state index in [-0.39, 0.29) is 0 Å². The van der Waals surface area contributed by atoms with Gasteiger partial charge < -0.3 is 14.9 Å². The summed E-state index contributed by atoms with van der Waals surface area (Å²) in [7, 11) is 1.63. The van der Waals surface area contributed by atoms with Gasteiger partial charge in [0.25, 0.3) is 0 Å². The number of aromatic nitrogens is 1. The van der Waals surface area contributed by atoms with Crippen molar-refractivity contribution in [3.8, 4) is 16.5 Å². The fourth-order valence-corrected chi connectivity index (χ4v) is 2.65. The van der Waals surface area contributed by atoms with Crippen molar-refractivity contribution in [1.82, 2.24) is 4.98 Å². The van der Waals surface area contributed by atoms with Gasteiger partial charge in [-0.1, -0.05) is 0 Å². The Morgan fingerprint density at radius 3 is 2.89 bits per heavy atom. The summed E-state index contributed by atoms with van der Waals surface area (Å²) >= 11 is 1.54. The number of fused-ring (bicyclic) bond motifs is 1. The summed E-state index contributed by atoms with van der Waals surface area (Å²) < 4.78 is 10.9. The zero-order valence-electron chi connectivity index (χ0n) is 10.1. The van der Waals surface area contributed by atoms with Crippen LogP contribution in [0.2, 0.25) is 0 Å². The van der Waals surface area contributed by atoms with Crippen molar-refractivity contribution in [3.63, 3.8) is 0 Å². The number of nitrogens with zero attached hydrogens (tertiary/aromatic N) is 1. The highest BCUT2D eigenvalue weighted by atomic mass is 32.1. The number of nitrogens with two attached hydrogens (primary N) is 1. The molecule has 0 fully saturated rings. The van der Waals surface area contributed by atoms with Gasteiger partial charge >= 0.3 is 0 Å². The first-order valence-electron chi connectivity index (χ1n) is 5.47. The van der Waals surface area contributed by atoms with Crippen molar-refractivity contribution in [2.24, 2.45) is 0 Å². The maximum atomic E-state index is 6.00. The van der Waals surface area contributed by atoms with Crippen molar-refractivity contribution in [2.75, 3.05) is 12.8 Å². The highest BCUT2D eigenvalue weighted by Crippen LogP contribution is 2.36. The first-order valence-corrected chi connectivity index (χ1v) is 6.35. The first-order chi connectivity index (χ1) is 8.69. The summed E-state index contributed by atoms with van der Waals surface area (Å²) in [6, 6.07) is 5.54. The molecule has 2 N–H and O–H groups in total. The lowest BCUT2D eigenvalue weighted by molar-refractivity contribution is 0.415. The lowest BCUT2D eigenvalue weighted by Gasteiger charge is -1.95. The van der Waals surface area contributed by atoms with Gasteiger partial charge in [-0.05, 0) is 30.0 Å². The molecular formula is C13H12N2O2S. The standard InChI is InChI=1S/C13H12N2O2S/c1-7-6-18-12(11(7)14)13-15-9-5-8(16-2)3-4-10(9)17-13/h3-6H,14H2,1-2H3. The number of hydrogen-bond acceptors (Lipinski definition) is 5. The summed E-state index contributed by atoms with van der Waals surface area (Å²) in [6.07, 6.45) is 0. The molecule has 5 heteroatoms. The molecule has 4 nitrogen and oxygen atoms in total. The lowest BCUT2D eigenvalue weighted by Crippen LogP contribution is -1.86. The fourth-order valence-electron chi connectivity index (χ4n) is 1.75. The van der Waals surface area contributed by atoms with Gasteiger partial charge in [0.15, 0.2) is 5.58 Å². The van der Waals surface area contributed by atoms with Gasteiger partial charge in [-0.2, -0.15) is 0 Å². The third kappa shape index (κ3) is 1.64. The molecular weight excluding hydrogens is 248 g/mol. The number of benzene rings is 1. The molecule has 0 spiro atoms. The van der Waals surface area contributed by atoms with E-state index < -0.39 is 0 Å². The Bertz CT molecular complexity index is 715. The normalized spacial score (nSPS) is 11.0. The van der Waals surface area contributed by atoms with Gasteiger partial charge in [-0.25, -0.2) is 4.98 Å². The van der Waals surface area contributed by atoms with Crippen molar-refractivity contribution in [2.45, 2.75) is 6.92 Å². The van der Waals surface area contributed by atoms with Crippen molar-refractivity contribution < 1.29 is 9.15 Å². The van der Waals surface area contributed by atoms with E-state index in [4.69, 9.17) is 14.9 Å². The van der Waals surface area contributed by atoms with Gasteiger partial charge in [0.2, 0.25) is 5.89 Å². The highest BCUT2D eigenvalue weighted by molar-refractivity contribution is 7.14. The number of methoxy groups -OCH3 is 1. The summed E-state index contributed by atoms with van der Waals surface area (Å²) in [5, 5.41) is 2.00. The molecule has 0 atom stereocenters. The number of rotatable bonds is 2. The monoisotopic (exact) mass is 260 g/mol. The van der Waals surface area contributed by atoms with Crippen LogP contribution >= 0.6 is 11.3 Å². The molecule has 0 aliphatic carbocycles. The van der Waals surface area contributed by atoms with Crippen molar-refractivity contribution in [1.29, 1.82) is 0 Å². The average molecular weight is 260 g/mol. The number of ether oxygens (including phenoxy) is 1. The Kier molecular flexibility index (Phi) is 2.48. The van der Waals surface area contributed by atoms with Crippen LogP contribution in [-0.4, -0.2) is 12.1 Å². The third-order valence-electron chi connectivity index (χ3n) is 2.81. The number of aryl methyl sites for hydroxylation is 1. The minimum absolute atomic E-state index is 0.564. The molecule has 0 aliphatic rings. The summed E-state index contributed by atoms with van der Waals surface area (Å²) in [5.41, 5.74) is 9.29. The maximum absolute atomic E-state index is 6.00. The van der Waals surface area contributed by atoms with Gasteiger partial charge in [-0.3, -0.25) is 0 Å². The fraction of sp³-hybridized carbons (Fsp3) is 0.154. The van der Waals surface area contributed by atoms with Crippen LogP contribution in [0.5, 0.6) is 5.75 Å². The molecule has 1 aromatic carbocycles. The molecule has 0 bridgehead atoms. The SMILES string of the molecule is COc1ccc2oc(-c3scc(C)c3N)nc2c1. The molecule has 3 aromatic rings. The van der Waals surface area contributed by atoms with E-state index in [9.17, 15) is 0 Å². The maximum Gasteiger partial charge on any atom is 0.239 e. The van der Waals surface area contributed by atoms with Gasteiger partial charge in [0, 0.05) is 6.07 Å². The van der Waals surface area contributed by atoms with Crippen LogP contribution < -0.4 is 10.5 Å². The van der Waals surface area contributed by atoms with Crippen LogP contribution in [-0.2, 0) is 0 Å². The van der Waals surface area contributed by atoms with E-state index in [1.54, 1.807) is 18.4 Å². The van der Waals surface area contributed by atoms with Crippen LogP contribution in [0.3, 0.4) is 0 Å². The zero-order valence-corrected chi connectivity index (χ0v) is 10.9. The van der Waals surface area contributed by atoms with Gasteiger partial charge in [0.05, 0.1) is 12.8 Å². The molecule has 2 heterocycles. The smallest absolute Gasteiger partial charge is 0.239 e. The minimum Gasteiger partial charge on any atom is -0.497 e. The molecule has 0 radical (unpaired) electrons. The van der Waals surface area contributed by atoms with E-state index >= 15 is 0 Å². The van der Waals surface area contributed by atoms with Crippen LogP contribution in [0, 0.1) is 6.92 Å². The first kappa shape index (κ1) is 11.1. The quantitative estimate of drug-likeness (QED) is 0.766. The number of oxazole rings is 1. The van der Waals surface area contributed by atoms with E-state index in [1.807, 2.05) is 30.5 Å². The Balaban J connectivity index is 2.16. The number of hydrogen-bond donors (Lipinski definition) is 1. The topological polar surface area (TPSA) is 61.3 Å². The molecule has 0 unspecified atom stereocenters. The van der Waals surface area contributed by atoms with Crippen LogP contribution in [0.15, 0.2) is 28.0 Å². The predicted octanol–water partition coefficient (Wildman–Crippen LogP) is 3.46. The average Bonchev–Trinajstić information content (AvgIpc) is 2.93. The molecule has 92 valence electrons. The zero-order chi connectivity index (χ0) is 12.7. The van der Waals surface area contributed by atoms with Gasteiger partial charge in [0.1, 0.15) is 16.1 Å². The molecule has 18 heavy (non-hydrogen) atoms. The van der Waals surface area contributed by atoms with E-state index in [0.29, 0.717) is 5.89 Å². The second kappa shape index (κ2) is 4.03. The van der Waals surface area contributed by atoms with Crippen LogP contribution in [0.1, 0.15) is 5.56 Å². The van der Waals surface area contributed by atoms with E-state index in [1.165, 1.54) is 0 Å². The minimum atomic E-state index is 0.564. The van der Waals surface area contributed by atoms with Gasteiger partial charge in [-0.15, -0.1) is 11.3 Å².